The standard InChI is InChI=1S/C4H4N4O2/c1-2(9)3-4(10)6-8-7-5-3/h1H3,(H,6,7,10). The number of hydrogen-bond donors (Lipinski definition) is 1. The summed E-state index contributed by atoms with van der Waals surface area (Å²) in [6, 6.07) is 0. The second-order valence-electron chi connectivity index (χ2n) is 1.64. The third-order valence-corrected chi connectivity index (χ3v) is 0.890. The number of hydrogen-bond acceptors (Lipinski definition) is 5. The van der Waals surface area contributed by atoms with E-state index in [4.69, 9.17) is 0 Å². The Kier molecular flexibility index (Phi) is 1.53. The highest BCUT2D eigenvalue weighted by atomic mass is 16.1. The molecule has 0 aliphatic rings. The molecule has 0 unspecified atom stereocenters. The van der Waals surface area contributed by atoms with Crippen molar-refractivity contribution in [3.05, 3.63) is 16.0 Å². The Morgan fingerprint density at radius 1 is 1.60 bits per heavy atom. The van der Waals surface area contributed by atoms with E-state index in [1.54, 1.807) is 0 Å². The molecule has 0 saturated carbocycles. The molecule has 0 aliphatic heterocycles. The quantitative estimate of drug-likeness (QED) is 0.493. The lowest BCUT2D eigenvalue weighted by molar-refractivity contribution is 0.100. The molecule has 0 aromatic carbocycles. The van der Waals surface area contributed by atoms with Crippen molar-refractivity contribution in [1.82, 2.24) is 20.6 Å². The van der Waals surface area contributed by atoms with Crippen LogP contribution in [0.15, 0.2) is 4.79 Å². The number of nitrogens with zero attached hydrogens (tertiary/aromatic N) is 3. The number of Topliss-reactive ketones (excluding diaryl/α,β-unsaturated/α-hetero) is 1. The summed E-state index contributed by atoms with van der Waals surface area (Å²) >= 11 is 0. The molecule has 1 heterocycles. The van der Waals surface area contributed by atoms with Crippen LogP contribution in [0.4, 0.5) is 0 Å². The molecule has 6 heteroatoms. The molecule has 0 saturated heterocycles. The lowest BCUT2D eigenvalue weighted by Crippen LogP contribution is -2.20. The van der Waals surface area contributed by atoms with Gasteiger partial charge in [0.15, 0.2) is 11.5 Å². The number of aromatic nitrogens is 4. The van der Waals surface area contributed by atoms with Crippen molar-refractivity contribution >= 4 is 5.78 Å². The molecule has 0 aliphatic carbocycles. The number of aromatic amines is 1. The van der Waals surface area contributed by atoms with Gasteiger partial charge in [-0.3, -0.25) is 9.59 Å². The van der Waals surface area contributed by atoms with E-state index in [0.29, 0.717) is 0 Å². The van der Waals surface area contributed by atoms with Gasteiger partial charge in [-0.15, -0.1) is 5.10 Å². The van der Waals surface area contributed by atoms with E-state index in [0.717, 1.165) is 0 Å². The van der Waals surface area contributed by atoms with Crippen molar-refractivity contribution in [2.24, 2.45) is 0 Å². The smallest absolute Gasteiger partial charge is 0.292 e. The maximum atomic E-state index is 10.6. The van der Waals surface area contributed by atoms with Gasteiger partial charge in [-0.2, -0.15) is 0 Å². The second kappa shape index (κ2) is 2.34. The molecule has 10 heavy (non-hydrogen) atoms. The van der Waals surface area contributed by atoms with Gasteiger partial charge < -0.3 is 0 Å². The average Bonchev–Trinajstić information content (AvgIpc) is 1.88. The van der Waals surface area contributed by atoms with Crippen LogP contribution in [-0.4, -0.2) is 26.4 Å². The maximum absolute atomic E-state index is 10.6. The largest absolute Gasteiger partial charge is 0.297 e. The molecular weight excluding hydrogens is 136 g/mol. The van der Waals surface area contributed by atoms with E-state index in [-0.39, 0.29) is 5.69 Å². The molecule has 0 spiro atoms. The second-order valence-corrected chi connectivity index (χ2v) is 1.64. The van der Waals surface area contributed by atoms with Gasteiger partial charge in [-0.25, -0.2) is 5.10 Å². The van der Waals surface area contributed by atoms with Crippen molar-refractivity contribution in [2.45, 2.75) is 6.92 Å². The van der Waals surface area contributed by atoms with Crippen molar-refractivity contribution < 1.29 is 4.79 Å². The number of rotatable bonds is 1. The van der Waals surface area contributed by atoms with Crippen LogP contribution in [0.2, 0.25) is 0 Å². The highest BCUT2D eigenvalue weighted by Crippen LogP contribution is 1.78. The van der Waals surface area contributed by atoms with Gasteiger partial charge in [0.2, 0.25) is 0 Å². The molecule has 6 nitrogen and oxygen atoms in total. The Balaban J connectivity index is 3.29. The molecule has 52 valence electrons. The average molecular weight is 140 g/mol. The zero-order valence-corrected chi connectivity index (χ0v) is 5.16. The number of carbonyl (C=O) groups is 1. The molecule has 1 aromatic rings. The first-order valence-corrected chi connectivity index (χ1v) is 2.51. The zero-order chi connectivity index (χ0) is 7.56. The van der Waals surface area contributed by atoms with E-state index in [1.165, 1.54) is 6.92 Å². The fourth-order valence-electron chi connectivity index (χ4n) is 0.464. The normalized spacial score (nSPS) is 9.30. The van der Waals surface area contributed by atoms with Crippen molar-refractivity contribution in [3.63, 3.8) is 0 Å². The minimum Gasteiger partial charge on any atom is -0.292 e. The van der Waals surface area contributed by atoms with Crippen molar-refractivity contribution in [1.29, 1.82) is 0 Å². The predicted octanol–water partition coefficient (Wildman–Crippen LogP) is -1.24. The first-order valence-electron chi connectivity index (χ1n) is 2.51. The molecule has 0 radical (unpaired) electrons. The zero-order valence-electron chi connectivity index (χ0n) is 5.16. The molecule has 0 bridgehead atoms. The topological polar surface area (TPSA) is 88.6 Å². The summed E-state index contributed by atoms with van der Waals surface area (Å²) < 4.78 is 0. The SMILES string of the molecule is CC(=O)c1nnn[nH]c1=O. The van der Waals surface area contributed by atoms with Gasteiger partial charge in [-0.05, 0) is 10.4 Å². The summed E-state index contributed by atoms with van der Waals surface area (Å²) in [5.41, 5.74) is -0.822. The third-order valence-electron chi connectivity index (χ3n) is 0.890. The number of nitrogens with one attached hydrogen (secondary N) is 1. The van der Waals surface area contributed by atoms with Gasteiger partial charge in [0.05, 0.1) is 0 Å². The van der Waals surface area contributed by atoms with E-state index in [9.17, 15) is 9.59 Å². The Hall–Kier alpha value is -1.59. The van der Waals surface area contributed by atoms with Gasteiger partial charge >= 0.3 is 0 Å². The van der Waals surface area contributed by atoms with Gasteiger partial charge in [0, 0.05) is 6.92 Å². The predicted molar refractivity (Wildman–Crippen MR) is 30.5 cm³/mol. The molecule has 0 fully saturated rings. The Morgan fingerprint density at radius 3 is 2.70 bits per heavy atom. The number of ketones is 1. The van der Waals surface area contributed by atoms with Crippen LogP contribution in [0.5, 0.6) is 0 Å². The Bertz CT molecular complexity index is 304. The van der Waals surface area contributed by atoms with Crippen molar-refractivity contribution in [3.8, 4) is 0 Å². The lowest BCUT2D eigenvalue weighted by Gasteiger charge is -1.85. The summed E-state index contributed by atoms with van der Waals surface area (Å²) in [5, 5.41) is 11.4. The van der Waals surface area contributed by atoms with E-state index in [2.05, 4.69) is 15.5 Å². The summed E-state index contributed by atoms with van der Waals surface area (Å²) in [6.45, 7) is 1.24. The van der Waals surface area contributed by atoms with Gasteiger partial charge in [0.25, 0.3) is 5.56 Å². The lowest BCUT2D eigenvalue weighted by atomic mass is 10.3. The first-order chi connectivity index (χ1) is 4.72. The fourth-order valence-corrected chi connectivity index (χ4v) is 0.464. The van der Waals surface area contributed by atoms with Crippen LogP contribution < -0.4 is 5.56 Å². The van der Waals surface area contributed by atoms with Crippen LogP contribution in [-0.2, 0) is 0 Å². The molecule has 1 rings (SSSR count). The summed E-state index contributed by atoms with van der Waals surface area (Å²) in [7, 11) is 0. The van der Waals surface area contributed by atoms with Crippen LogP contribution >= 0.6 is 0 Å². The maximum Gasteiger partial charge on any atom is 0.297 e. The summed E-state index contributed by atoms with van der Waals surface area (Å²) in [6.07, 6.45) is 0. The minimum atomic E-state index is -0.609. The first kappa shape index (κ1) is 6.53. The number of H-pyrrole nitrogens is 1. The summed E-state index contributed by atoms with van der Waals surface area (Å²) in [4.78, 5) is 21.1. The molecule has 0 amide bonds. The van der Waals surface area contributed by atoms with Crippen LogP contribution in [0.25, 0.3) is 0 Å². The van der Waals surface area contributed by atoms with Crippen LogP contribution in [0.3, 0.4) is 0 Å². The molecular formula is C4H4N4O2. The van der Waals surface area contributed by atoms with Gasteiger partial charge in [0.1, 0.15) is 0 Å². The molecule has 0 atom stereocenters. The Labute approximate surface area is 55.3 Å². The van der Waals surface area contributed by atoms with Crippen molar-refractivity contribution in [2.75, 3.05) is 0 Å². The van der Waals surface area contributed by atoms with E-state index in [1.807, 2.05) is 5.10 Å². The van der Waals surface area contributed by atoms with Crippen LogP contribution in [0, 0.1) is 0 Å². The Morgan fingerprint density at radius 2 is 2.30 bits per heavy atom. The molecule has 1 aromatic heterocycles. The van der Waals surface area contributed by atoms with E-state index >= 15 is 0 Å². The van der Waals surface area contributed by atoms with Gasteiger partial charge in [-0.1, -0.05) is 0 Å². The highest BCUT2D eigenvalue weighted by molar-refractivity contribution is 5.91. The van der Waals surface area contributed by atoms with E-state index < -0.39 is 11.3 Å². The van der Waals surface area contributed by atoms with Crippen LogP contribution in [0.1, 0.15) is 17.4 Å². The monoisotopic (exact) mass is 140 g/mol. The molecule has 1 N–H and O–H groups in total. The number of carbonyl (C=O) groups excluding carboxylic acids is 1. The summed E-state index contributed by atoms with van der Waals surface area (Å²) in [5.74, 6) is -0.420. The third kappa shape index (κ3) is 1.04. The minimum absolute atomic E-state index is 0.213. The fraction of sp³-hybridized carbons (Fsp3) is 0.250. The highest BCUT2D eigenvalue weighted by Gasteiger charge is 2.05.